The average Bonchev–Trinajstić information content (AvgIpc) is 2.42. The van der Waals surface area contributed by atoms with E-state index in [1.807, 2.05) is 24.3 Å². The van der Waals surface area contributed by atoms with Crippen LogP contribution in [-0.2, 0) is 0 Å². The van der Waals surface area contributed by atoms with Crippen LogP contribution >= 0.6 is 0 Å². The minimum atomic E-state index is -2.33. The van der Waals surface area contributed by atoms with Crippen LogP contribution in [0.3, 0.4) is 0 Å². The minimum Gasteiger partial charge on any atom is -0.652 e. The molecule has 0 spiro atoms. The van der Waals surface area contributed by atoms with Crippen LogP contribution in [-0.4, -0.2) is 16.2 Å². The Morgan fingerprint density at radius 1 is 1.19 bits per heavy atom. The zero-order chi connectivity index (χ0) is 10.6. The van der Waals surface area contributed by atoms with E-state index in [-0.39, 0.29) is 65.0 Å². The summed E-state index contributed by atoms with van der Waals surface area (Å²) >= 11 is 0. The van der Waals surface area contributed by atoms with Gasteiger partial charge >= 0.3 is 59.1 Å². The molecule has 0 saturated heterocycles. The number of aromatic amines is 1. The molecule has 0 amide bonds. The van der Waals surface area contributed by atoms with E-state index in [0.717, 1.165) is 10.9 Å². The van der Waals surface area contributed by atoms with E-state index in [4.69, 9.17) is 20.1 Å². The van der Waals surface area contributed by atoms with Crippen molar-refractivity contribution in [1.82, 2.24) is 4.98 Å². The van der Waals surface area contributed by atoms with Crippen LogP contribution in [0.25, 0.3) is 10.9 Å². The van der Waals surface area contributed by atoms with Crippen LogP contribution in [0.1, 0.15) is 0 Å². The van der Waals surface area contributed by atoms with Gasteiger partial charge in [-0.25, -0.2) is 0 Å². The molecule has 1 aromatic heterocycles. The summed E-state index contributed by atoms with van der Waals surface area (Å²) in [4.78, 5) is 11.1. The second-order valence-electron chi connectivity index (χ2n) is 2.49. The summed E-state index contributed by atoms with van der Waals surface area (Å²) in [7, 11) is 0. The van der Waals surface area contributed by atoms with Gasteiger partial charge in [-0.3, -0.25) is 0 Å². The molecule has 2 N–H and O–H groups in total. The van der Waals surface area contributed by atoms with Gasteiger partial charge in [0, 0.05) is 17.0 Å². The maximum atomic E-state index is 9.00. The average molecular weight is 239 g/mol. The molecule has 0 unspecified atom stereocenters. The Labute approximate surface area is 136 Å². The molecule has 16 heavy (non-hydrogen) atoms. The van der Waals surface area contributed by atoms with Gasteiger partial charge in [0.1, 0.15) is 0 Å². The molecule has 0 bridgehead atoms. The molecule has 0 saturated carbocycles. The molecule has 0 aliphatic carbocycles. The molecule has 0 aliphatic heterocycles. The number of carbonyl (C=O) groups is 1. The van der Waals surface area contributed by atoms with Gasteiger partial charge in [0.15, 0.2) is 5.88 Å². The zero-order valence-electron chi connectivity index (χ0n) is 9.06. The zero-order valence-corrected chi connectivity index (χ0v) is 13.1. The van der Waals surface area contributed by atoms with E-state index in [9.17, 15) is 0 Å². The SMILES string of the molecule is O=C([O-])[O-].Oc1cc2ccccc2[nH]1.[Na+].[Na+]. The van der Waals surface area contributed by atoms with Crippen LogP contribution in [0.4, 0.5) is 4.79 Å². The number of hydrogen-bond acceptors (Lipinski definition) is 4. The summed E-state index contributed by atoms with van der Waals surface area (Å²) in [6, 6.07) is 9.45. The number of nitrogens with one attached hydrogen (secondary N) is 1. The number of H-pyrrole nitrogens is 1. The first kappa shape index (κ1) is 18.2. The normalized spacial score (nSPS) is 8.00. The number of fused-ring (bicyclic) bond motifs is 1. The van der Waals surface area contributed by atoms with Crippen LogP contribution in [0.15, 0.2) is 30.3 Å². The van der Waals surface area contributed by atoms with Crippen molar-refractivity contribution in [1.29, 1.82) is 0 Å². The number of benzene rings is 1. The number of aromatic nitrogens is 1. The minimum absolute atomic E-state index is 0. The third-order valence-corrected chi connectivity index (χ3v) is 1.52. The monoisotopic (exact) mass is 239 g/mol. The molecule has 0 atom stereocenters. The van der Waals surface area contributed by atoms with Gasteiger partial charge in [0.2, 0.25) is 0 Å². The van der Waals surface area contributed by atoms with E-state index in [1.54, 1.807) is 6.07 Å². The molecular formula is C9H7NNa2O4. The second kappa shape index (κ2) is 8.92. The molecule has 74 valence electrons. The fourth-order valence-corrected chi connectivity index (χ4v) is 1.06. The van der Waals surface area contributed by atoms with Gasteiger partial charge < -0.3 is 25.1 Å². The molecule has 0 aliphatic rings. The summed E-state index contributed by atoms with van der Waals surface area (Å²) in [6.45, 7) is 0. The second-order valence-corrected chi connectivity index (χ2v) is 2.49. The first-order valence-corrected chi connectivity index (χ1v) is 3.74. The van der Waals surface area contributed by atoms with E-state index in [0.29, 0.717) is 0 Å². The predicted molar refractivity (Wildman–Crippen MR) is 45.4 cm³/mol. The van der Waals surface area contributed by atoms with Crippen molar-refractivity contribution in [2.45, 2.75) is 0 Å². The molecule has 0 radical (unpaired) electrons. The fourth-order valence-electron chi connectivity index (χ4n) is 1.06. The van der Waals surface area contributed by atoms with Crippen molar-refractivity contribution in [3.63, 3.8) is 0 Å². The van der Waals surface area contributed by atoms with Crippen molar-refractivity contribution in [3.8, 4) is 5.88 Å². The Morgan fingerprint density at radius 3 is 2.19 bits per heavy atom. The van der Waals surface area contributed by atoms with Crippen molar-refractivity contribution < 1.29 is 79.2 Å². The summed E-state index contributed by atoms with van der Waals surface area (Å²) in [5.74, 6) is 0.223. The quantitative estimate of drug-likeness (QED) is 0.446. The Bertz CT molecular complexity index is 407. The number of carbonyl (C=O) groups excluding carboxylic acids is 1. The molecule has 2 rings (SSSR count). The van der Waals surface area contributed by atoms with Crippen molar-refractivity contribution in [2.75, 3.05) is 0 Å². The standard InChI is InChI=1S/C8H7NO.CH2O3.2Na/c10-8-5-6-3-1-2-4-7(6)9-8;2-1(3)4;;/h1-5,9-10H;(H2,2,3,4);;/q;;2*+1/p-2. The maximum absolute atomic E-state index is 9.00. The first-order chi connectivity index (χ1) is 6.59. The summed E-state index contributed by atoms with van der Waals surface area (Å²) < 4.78 is 0. The summed E-state index contributed by atoms with van der Waals surface area (Å²) in [6.07, 6.45) is -2.33. The summed E-state index contributed by atoms with van der Waals surface area (Å²) in [5.41, 5.74) is 0.972. The third kappa shape index (κ3) is 6.42. The molecule has 5 nitrogen and oxygen atoms in total. The van der Waals surface area contributed by atoms with Crippen molar-refractivity contribution in [3.05, 3.63) is 30.3 Å². The Balaban J connectivity index is 0. The van der Waals surface area contributed by atoms with E-state index < -0.39 is 6.16 Å². The van der Waals surface area contributed by atoms with Crippen LogP contribution in [0, 0.1) is 0 Å². The van der Waals surface area contributed by atoms with E-state index in [2.05, 4.69) is 4.98 Å². The number of hydrogen-bond donors (Lipinski definition) is 2. The molecule has 7 heteroatoms. The molecular weight excluding hydrogens is 232 g/mol. The van der Waals surface area contributed by atoms with Gasteiger partial charge in [-0.2, -0.15) is 0 Å². The Morgan fingerprint density at radius 2 is 1.69 bits per heavy atom. The predicted octanol–water partition coefficient (Wildman–Crippen LogP) is -6.57. The molecule has 1 aromatic carbocycles. The summed E-state index contributed by atoms with van der Waals surface area (Å²) in [5, 5.41) is 26.7. The topological polar surface area (TPSA) is 99.2 Å². The Hall–Kier alpha value is -0.170. The fraction of sp³-hybridized carbons (Fsp3) is 0. The first-order valence-electron chi connectivity index (χ1n) is 3.74. The largest absolute Gasteiger partial charge is 1.00 e. The van der Waals surface area contributed by atoms with Crippen molar-refractivity contribution in [2.24, 2.45) is 0 Å². The van der Waals surface area contributed by atoms with Crippen molar-refractivity contribution >= 4 is 17.1 Å². The van der Waals surface area contributed by atoms with Gasteiger partial charge in [-0.15, -0.1) is 0 Å². The van der Waals surface area contributed by atoms with E-state index in [1.165, 1.54) is 0 Å². The number of aromatic hydroxyl groups is 1. The number of rotatable bonds is 0. The maximum Gasteiger partial charge on any atom is 1.00 e. The van der Waals surface area contributed by atoms with Crippen LogP contribution in [0.2, 0.25) is 0 Å². The van der Waals surface area contributed by atoms with Gasteiger partial charge in [-0.1, -0.05) is 18.2 Å². The van der Waals surface area contributed by atoms with Gasteiger partial charge in [-0.05, 0) is 12.2 Å². The number of carboxylic acid groups (broad SMARTS) is 2. The molecule has 2 aromatic rings. The van der Waals surface area contributed by atoms with Crippen LogP contribution < -0.4 is 69.3 Å². The van der Waals surface area contributed by atoms with Crippen LogP contribution in [0.5, 0.6) is 5.88 Å². The Kier molecular flexibility index (Phi) is 10.2. The van der Waals surface area contributed by atoms with E-state index >= 15 is 0 Å². The number of para-hydroxylation sites is 1. The third-order valence-electron chi connectivity index (χ3n) is 1.52. The molecule has 1 heterocycles. The smallest absolute Gasteiger partial charge is 0.652 e. The van der Waals surface area contributed by atoms with Gasteiger partial charge in [0.05, 0.1) is 0 Å². The molecule has 0 fully saturated rings. The van der Waals surface area contributed by atoms with Gasteiger partial charge in [0.25, 0.3) is 0 Å².